The summed E-state index contributed by atoms with van der Waals surface area (Å²) in [6.07, 6.45) is -0.599. The van der Waals surface area contributed by atoms with Gasteiger partial charge in [-0.1, -0.05) is 0 Å². The second kappa shape index (κ2) is 5.74. The van der Waals surface area contributed by atoms with Crippen molar-refractivity contribution in [1.82, 2.24) is 4.90 Å². The van der Waals surface area contributed by atoms with Crippen LogP contribution in [0, 0.1) is 11.3 Å². The predicted molar refractivity (Wildman–Crippen MR) is 77.6 cm³/mol. The summed E-state index contributed by atoms with van der Waals surface area (Å²) in [5, 5.41) is 8.74. The van der Waals surface area contributed by atoms with Crippen LogP contribution in [0.15, 0.2) is 24.3 Å². The number of carbonyl (C=O) groups excluding carboxylic acids is 1. The molecule has 0 aliphatic carbocycles. The number of hydrogen-bond donors (Lipinski definition) is 0. The van der Waals surface area contributed by atoms with Crippen molar-refractivity contribution in [3.05, 3.63) is 29.8 Å². The number of benzene rings is 1. The third kappa shape index (κ3) is 3.17. The van der Waals surface area contributed by atoms with Crippen LogP contribution in [0.4, 0.5) is 0 Å². The third-order valence-corrected chi connectivity index (χ3v) is 3.42. The first-order valence-corrected chi connectivity index (χ1v) is 6.99. The van der Waals surface area contributed by atoms with E-state index < -0.39 is 11.8 Å². The number of carbonyl (C=O) groups is 1. The van der Waals surface area contributed by atoms with Gasteiger partial charge in [0.15, 0.2) is 6.10 Å². The molecule has 2 rings (SSSR count). The molecular formula is C16H20N2O3. The molecule has 0 aromatic heterocycles. The van der Waals surface area contributed by atoms with Crippen molar-refractivity contribution in [2.45, 2.75) is 45.6 Å². The Bertz CT molecular complexity index is 558. The lowest BCUT2D eigenvalue weighted by Crippen LogP contribution is -2.46. The minimum atomic E-state index is -0.621. The fourth-order valence-corrected chi connectivity index (χ4v) is 2.66. The second-order valence-corrected chi connectivity index (χ2v) is 5.80. The largest absolute Gasteiger partial charge is 0.490 e. The summed E-state index contributed by atoms with van der Waals surface area (Å²) in [5.74, 6) is 0.565. The fourth-order valence-electron chi connectivity index (χ4n) is 2.66. The van der Waals surface area contributed by atoms with Crippen molar-refractivity contribution in [2.75, 3.05) is 6.61 Å². The van der Waals surface area contributed by atoms with Crippen LogP contribution in [0.1, 0.15) is 33.3 Å². The zero-order valence-corrected chi connectivity index (χ0v) is 12.8. The highest BCUT2D eigenvalue weighted by atomic mass is 16.6. The highest BCUT2D eigenvalue weighted by Crippen LogP contribution is 2.30. The molecule has 0 spiro atoms. The first-order chi connectivity index (χ1) is 9.85. The van der Waals surface area contributed by atoms with E-state index in [0.29, 0.717) is 11.3 Å². The minimum absolute atomic E-state index is 0.0522. The number of rotatable bonds is 4. The number of ether oxygens (including phenoxy) is 2. The standard InChI is InChI=1S/C16H20N2O3/c1-11(2)18-15(19)14(21-16(18,3)4)10-20-13-7-5-12(9-17)6-8-13/h5-8,11,14H,10H2,1-4H3. The Labute approximate surface area is 125 Å². The van der Waals surface area contributed by atoms with Crippen LogP contribution in [0.5, 0.6) is 5.75 Å². The molecule has 0 saturated carbocycles. The van der Waals surface area contributed by atoms with Gasteiger partial charge in [0.2, 0.25) is 0 Å². The molecular weight excluding hydrogens is 268 g/mol. The monoisotopic (exact) mass is 288 g/mol. The van der Waals surface area contributed by atoms with Crippen molar-refractivity contribution >= 4 is 5.91 Å². The molecule has 1 aliphatic heterocycles. The molecule has 5 heteroatoms. The molecule has 1 aliphatic rings. The van der Waals surface area contributed by atoms with Gasteiger partial charge in [0.05, 0.1) is 11.6 Å². The van der Waals surface area contributed by atoms with E-state index in [1.807, 2.05) is 33.8 Å². The van der Waals surface area contributed by atoms with Crippen molar-refractivity contribution in [2.24, 2.45) is 0 Å². The molecule has 0 N–H and O–H groups in total. The Morgan fingerprint density at radius 2 is 2.00 bits per heavy atom. The van der Waals surface area contributed by atoms with Gasteiger partial charge < -0.3 is 14.4 Å². The van der Waals surface area contributed by atoms with Gasteiger partial charge in [-0.05, 0) is 52.0 Å². The van der Waals surface area contributed by atoms with Gasteiger partial charge >= 0.3 is 0 Å². The molecule has 1 heterocycles. The lowest BCUT2D eigenvalue weighted by atomic mass is 10.2. The summed E-state index contributed by atoms with van der Waals surface area (Å²) in [6, 6.07) is 8.90. The SMILES string of the molecule is CC(C)N1C(=O)C(COc2ccc(C#N)cc2)OC1(C)C. The van der Waals surface area contributed by atoms with E-state index in [4.69, 9.17) is 14.7 Å². The smallest absolute Gasteiger partial charge is 0.257 e. The van der Waals surface area contributed by atoms with Crippen LogP contribution in [-0.4, -0.2) is 35.3 Å². The third-order valence-electron chi connectivity index (χ3n) is 3.42. The number of hydrogen-bond acceptors (Lipinski definition) is 4. The molecule has 1 fully saturated rings. The van der Waals surface area contributed by atoms with E-state index in [0.717, 1.165) is 0 Å². The minimum Gasteiger partial charge on any atom is -0.490 e. The first kappa shape index (κ1) is 15.3. The lowest BCUT2D eigenvalue weighted by Gasteiger charge is -2.33. The van der Waals surface area contributed by atoms with Gasteiger partial charge in [-0.3, -0.25) is 4.79 Å². The van der Waals surface area contributed by atoms with Gasteiger partial charge in [0.25, 0.3) is 5.91 Å². The Balaban J connectivity index is 2.01. The highest BCUT2D eigenvalue weighted by molar-refractivity contribution is 5.83. The molecule has 0 radical (unpaired) electrons. The average Bonchev–Trinajstić information content (AvgIpc) is 2.66. The Kier molecular flexibility index (Phi) is 4.19. The molecule has 1 unspecified atom stereocenters. The van der Waals surface area contributed by atoms with Gasteiger partial charge in [0, 0.05) is 6.04 Å². The zero-order chi connectivity index (χ0) is 15.6. The van der Waals surface area contributed by atoms with E-state index in [1.54, 1.807) is 29.2 Å². The van der Waals surface area contributed by atoms with Gasteiger partial charge in [0.1, 0.15) is 18.1 Å². The molecule has 1 amide bonds. The van der Waals surface area contributed by atoms with Gasteiger partial charge in [-0.2, -0.15) is 5.26 Å². The Morgan fingerprint density at radius 3 is 2.48 bits per heavy atom. The summed E-state index contributed by atoms with van der Waals surface area (Å²) < 4.78 is 11.4. The molecule has 5 nitrogen and oxygen atoms in total. The molecule has 0 bridgehead atoms. The maximum absolute atomic E-state index is 12.4. The Hall–Kier alpha value is -2.06. The molecule has 1 saturated heterocycles. The summed E-state index contributed by atoms with van der Waals surface area (Å²) in [5.41, 5.74) is -0.0492. The van der Waals surface area contributed by atoms with Crippen LogP contribution in [0.25, 0.3) is 0 Å². The van der Waals surface area contributed by atoms with Crippen LogP contribution in [0.2, 0.25) is 0 Å². The molecule has 112 valence electrons. The van der Waals surface area contributed by atoms with Crippen LogP contribution >= 0.6 is 0 Å². The molecule has 1 atom stereocenters. The van der Waals surface area contributed by atoms with Crippen LogP contribution < -0.4 is 4.74 Å². The van der Waals surface area contributed by atoms with Gasteiger partial charge in [-0.25, -0.2) is 0 Å². The van der Waals surface area contributed by atoms with E-state index in [9.17, 15) is 4.79 Å². The number of nitriles is 1. The quantitative estimate of drug-likeness (QED) is 0.853. The van der Waals surface area contributed by atoms with Crippen LogP contribution in [-0.2, 0) is 9.53 Å². The summed E-state index contributed by atoms with van der Waals surface area (Å²) >= 11 is 0. The number of amides is 1. The highest BCUT2D eigenvalue weighted by Gasteiger charge is 2.47. The van der Waals surface area contributed by atoms with Crippen molar-refractivity contribution in [3.8, 4) is 11.8 Å². The predicted octanol–water partition coefficient (Wildman–Crippen LogP) is 2.31. The van der Waals surface area contributed by atoms with Crippen molar-refractivity contribution in [3.63, 3.8) is 0 Å². The second-order valence-electron chi connectivity index (χ2n) is 5.80. The average molecular weight is 288 g/mol. The maximum Gasteiger partial charge on any atom is 0.257 e. The van der Waals surface area contributed by atoms with Gasteiger partial charge in [-0.15, -0.1) is 0 Å². The Morgan fingerprint density at radius 1 is 1.38 bits per heavy atom. The van der Waals surface area contributed by atoms with Crippen molar-refractivity contribution in [1.29, 1.82) is 5.26 Å². The first-order valence-electron chi connectivity index (χ1n) is 6.99. The van der Waals surface area contributed by atoms with Crippen LogP contribution in [0.3, 0.4) is 0 Å². The number of nitrogens with zero attached hydrogens (tertiary/aromatic N) is 2. The lowest BCUT2D eigenvalue weighted by molar-refractivity contribution is -0.134. The topological polar surface area (TPSA) is 62.6 Å². The summed E-state index contributed by atoms with van der Waals surface area (Å²) in [6.45, 7) is 7.86. The summed E-state index contributed by atoms with van der Waals surface area (Å²) in [7, 11) is 0. The maximum atomic E-state index is 12.4. The van der Waals surface area contributed by atoms with E-state index in [2.05, 4.69) is 0 Å². The zero-order valence-electron chi connectivity index (χ0n) is 12.8. The molecule has 1 aromatic carbocycles. The van der Waals surface area contributed by atoms with Crippen molar-refractivity contribution < 1.29 is 14.3 Å². The molecule has 1 aromatic rings. The van der Waals surface area contributed by atoms with E-state index >= 15 is 0 Å². The molecule has 21 heavy (non-hydrogen) atoms. The normalized spacial score (nSPS) is 20.7. The summed E-state index contributed by atoms with van der Waals surface area (Å²) in [4.78, 5) is 14.1. The fraction of sp³-hybridized carbons (Fsp3) is 0.500. The van der Waals surface area contributed by atoms with E-state index in [-0.39, 0.29) is 18.6 Å². The van der Waals surface area contributed by atoms with E-state index in [1.165, 1.54) is 0 Å².